The minimum absolute atomic E-state index is 0.0406. The van der Waals surface area contributed by atoms with Crippen LogP contribution in [0.5, 0.6) is 11.5 Å². The molecule has 0 amide bonds. The molecule has 0 spiro atoms. The fraction of sp³-hybridized carbons (Fsp3) is 0.519. The second kappa shape index (κ2) is 9.21. The number of rotatable bonds is 11. The molecule has 3 aliphatic heterocycles. The Morgan fingerprint density at radius 2 is 1.29 bits per heavy atom. The van der Waals surface area contributed by atoms with E-state index in [2.05, 4.69) is 19.1 Å². The molecule has 0 unspecified atom stereocenters. The first-order valence-electron chi connectivity index (χ1n) is 11.8. The normalized spacial score (nSPS) is 21.4. The molecule has 2 aromatic carbocycles. The number of hydrogen-bond donors (Lipinski definition) is 1. The maximum atomic E-state index is 11.2. The van der Waals surface area contributed by atoms with E-state index in [1.54, 1.807) is 0 Å². The molecule has 182 valence electrons. The van der Waals surface area contributed by atoms with Crippen molar-refractivity contribution in [1.82, 2.24) is 0 Å². The molecular weight excluding hydrogens is 436 g/mol. The van der Waals surface area contributed by atoms with E-state index in [0.29, 0.717) is 39.6 Å². The van der Waals surface area contributed by atoms with Crippen molar-refractivity contribution in [3.05, 3.63) is 59.7 Å². The summed E-state index contributed by atoms with van der Waals surface area (Å²) in [5.74, 6) is 0.849. The summed E-state index contributed by atoms with van der Waals surface area (Å²) in [5.41, 5.74) is 1.89. The molecule has 3 heterocycles. The van der Waals surface area contributed by atoms with E-state index in [1.165, 1.54) is 5.56 Å². The molecular formula is C27H32O7. The van der Waals surface area contributed by atoms with E-state index < -0.39 is 11.4 Å². The second-order valence-electron chi connectivity index (χ2n) is 10.4. The summed E-state index contributed by atoms with van der Waals surface area (Å²) in [4.78, 5) is 11.2. The third-order valence-corrected chi connectivity index (χ3v) is 7.27. The zero-order valence-corrected chi connectivity index (χ0v) is 19.6. The fourth-order valence-corrected chi connectivity index (χ4v) is 4.78. The number of carboxylic acid groups (broad SMARTS) is 1. The highest BCUT2D eigenvalue weighted by Crippen LogP contribution is 2.38. The third-order valence-electron chi connectivity index (χ3n) is 7.27. The molecule has 0 atom stereocenters. The average molecular weight is 469 g/mol. The van der Waals surface area contributed by atoms with E-state index in [9.17, 15) is 9.90 Å². The smallest absolute Gasteiger partial charge is 0.304 e. The lowest BCUT2D eigenvalue weighted by Crippen LogP contribution is -2.48. The van der Waals surface area contributed by atoms with Gasteiger partial charge in [-0.15, -0.1) is 0 Å². The number of hydrogen-bond acceptors (Lipinski definition) is 6. The summed E-state index contributed by atoms with van der Waals surface area (Å²) in [6.07, 6.45) is 0.925. The maximum absolute atomic E-state index is 11.2. The van der Waals surface area contributed by atoms with Gasteiger partial charge in [-0.05, 0) is 41.8 Å². The van der Waals surface area contributed by atoms with Gasteiger partial charge in [0, 0.05) is 10.8 Å². The van der Waals surface area contributed by atoms with Gasteiger partial charge in [-0.3, -0.25) is 4.79 Å². The molecule has 0 saturated carbocycles. The highest BCUT2D eigenvalue weighted by molar-refractivity contribution is 5.69. The summed E-state index contributed by atoms with van der Waals surface area (Å²) in [6.45, 7) is 7.18. The molecule has 3 saturated heterocycles. The lowest BCUT2D eigenvalue weighted by atomic mass is 9.76. The van der Waals surface area contributed by atoms with Crippen LogP contribution >= 0.6 is 0 Å². The van der Waals surface area contributed by atoms with Crippen molar-refractivity contribution in [2.24, 2.45) is 5.41 Å². The monoisotopic (exact) mass is 468 g/mol. The molecule has 0 aliphatic carbocycles. The van der Waals surface area contributed by atoms with Gasteiger partial charge in [0.2, 0.25) is 0 Å². The lowest BCUT2D eigenvalue weighted by molar-refractivity contribution is -0.145. The first kappa shape index (κ1) is 23.1. The average Bonchev–Trinajstić information content (AvgIpc) is 2.76. The van der Waals surface area contributed by atoms with Gasteiger partial charge in [-0.2, -0.15) is 0 Å². The lowest BCUT2D eigenvalue weighted by Gasteiger charge is -2.42. The Morgan fingerprint density at radius 1 is 0.794 bits per heavy atom. The molecule has 5 rings (SSSR count). The predicted octanol–water partition coefficient (Wildman–Crippen LogP) is 3.58. The van der Waals surface area contributed by atoms with Crippen LogP contribution < -0.4 is 9.47 Å². The molecule has 34 heavy (non-hydrogen) atoms. The van der Waals surface area contributed by atoms with Crippen LogP contribution in [-0.2, 0) is 29.8 Å². The SMILES string of the molecule is CC1(COc2ccc(C3(CCOc4ccc(C5(CC(=O)O)COC5)cc4)COC3)cc2)COC1. The molecule has 7 nitrogen and oxygen atoms in total. The summed E-state index contributed by atoms with van der Waals surface area (Å²) < 4.78 is 28.2. The van der Waals surface area contributed by atoms with Gasteiger partial charge < -0.3 is 28.8 Å². The van der Waals surface area contributed by atoms with Crippen molar-refractivity contribution < 1.29 is 33.6 Å². The first-order valence-corrected chi connectivity index (χ1v) is 11.8. The largest absolute Gasteiger partial charge is 0.494 e. The molecule has 1 N–H and O–H groups in total. The van der Waals surface area contributed by atoms with Gasteiger partial charge in [-0.1, -0.05) is 31.2 Å². The summed E-state index contributed by atoms with van der Waals surface area (Å²) >= 11 is 0. The number of ether oxygens (including phenoxy) is 5. The van der Waals surface area contributed by atoms with Crippen LogP contribution in [0.2, 0.25) is 0 Å². The highest BCUT2D eigenvalue weighted by atomic mass is 16.5. The molecule has 0 bridgehead atoms. The molecule has 7 heteroatoms. The molecule has 3 aliphatic rings. The van der Waals surface area contributed by atoms with E-state index >= 15 is 0 Å². The Bertz CT molecular complexity index is 987. The van der Waals surface area contributed by atoms with Crippen LogP contribution in [0.1, 0.15) is 30.9 Å². The number of benzene rings is 2. The van der Waals surface area contributed by atoms with Crippen molar-refractivity contribution in [3.8, 4) is 11.5 Å². The number of carbonyl (C=O) groups is 1. The van der Waals surface area contributed by atoms with Crippen molar-refractivity contribution in [3.63, 3.8) is 0 Å². The van der Waals surface area contributed by atoms with Crippen molar-refractivity contribution in [2.45, 2.75) is 30.6 Å². The van der Waals surface area contributed by atoms with Gasteiger partial charge in [0.05, 0.1) is 64.7 Å². The van der Waals surface area contributed by atoms with Crippen molar-refractivity contribution >= 4 is 5.97 Å². The van der Waals surface area contributed by atoms with E-state index in [-0.39, 0.29) is 17.3 Å². The van der Waals surface area contributed by atoms with Gasteiger partial charge in [0.1, 0.15) is 11.5 Å². The van der Waals surface area contributed by atoms with Gasteiger partial charge in [0.25, 0.3) is 0 Å². The minimum Gasteiger partial charge on any atom is -0.494 e. The predicted molar refractivity (Wildman–Crippen MR) is 125 cm³/mol. The van der Waals surface area contributed by atoms with Crippen LogP contribution in [0.4, 0.5) is 0 Å². The quantitative estimate of drug-likeness (QED) is 0.540. The number of aliphatic carboxylic acids is 1. The zero-order valence-electron chi connectivity index (χ0n) is 19.6. The standard InChI is InChI=1S/C27H32O7/c1-25(13-30-14-25)15-34-23-8-2-20(3-9-23)26(16-31-17-26)10-11-33-22-6-4-21(5-7-22)27(12-24(28)29)18-32-19-27/h2-9H,10-19H2,1H3,(H,28,29). The van der Waals surface area contributed by atoms with Crippen LogP contribution in [0.25, 0.3) is 0 Å². The van der Waals surface area contributed by atoms with E-state index in [1.807, 2.05) is 36.4 Å². The molecule has 0 radical (unpaired) electrons. The minimum atomic E-state index is -0.807. The van der Waals surface area contributed by atoms with E-state index in [0.717, 1.165) is 36.7 Å². The first-order chi connectivity index (χ1) is 16.4. The summed E-state index contributed by atoms with van der Waals surface area (Å²) in [6, 6.07) is 16.1. The zero-order chi connectivity index (χ0) is 23.7. The Labute approximate surface area is 199 Å². The summed E-state index contributed by atoms with van der Waals surface area (Å²) in [5, 5.41) is 9.23. The van der Waals surface area contributed by atoms with Crippen LogP contribution in [-0.4, -0.2) is 63.9 Å². The Balaban J connectivity index is 1.15. The molecule has 2 aromatic rings. The van der Waals surface area contributed by atoms with Crippen molar-refractivity contribution in [2.75, 3.05) is 52.9 Å². The maximum Gasteiger partial charge on any atom is 0.304 e. The number of carboxylic acids is 1. The summed E-state index contributed by atoms with van der Waals surface area (Å²) in [7, 11) is 0. The molecule has 3 fully saturated rings. The topological polar surface area (TPSA) is 83.5 Å². The Kier molecular flexibility index (Phi) is 6.27. The molecule has 0 aromatic heterocycles. The van der Waals surface area contributed by atoms with Gasteiger partial charge in [0.15, 0.2) is 0 Å². The van der Waals surface area contributed by atoms with Gasteiger partial charge in [-0.25, -0.2) is 0 Å². The van der Waals surface area contributed by atoms with Crippen LogP contribution in [0.3, 0.4) is 0 Å². The van der Waals surface area contributed by atoms with E-state index in [4.69, 9.17) is 23.7 Å². The van der Waals surface area contributed by atoms with Crippen LogP contribution in [0, 0.1) is 5.41 Å². The Hall–Kier alpha value is -2.61. The third kappa shape index (κ3) is 4.65. The Morgan fingerprint density at radius 3 is 1.74 bits per heavy atom. The van der Waals surface area contributed by atoms with Crippen molar-refractivity contribution in [1.29, 1.82) is 0 Å². The second-order valence-corrected chi connectivity index (χ2v) is 10.4. The highest BCUT2D eigenvalue weighted by Gasteiger charge is 2.42. The van der Waals surface area contributed by atoms with Crippen LogP contribution in [0.15, 0.2) is 48.5 Å². The van der Waals surface area contributed by atoms with Gasteiger partial charge >= 0.3 is 5.97 Å². The fourth-order valence-electron chi connectivity index (χ4n) is 4.78.